The van der Waals surface area contributed by atoms with Gasteiger partial charge in [0.15, 0.2) is 0 Å². The standard InChI is InChI=1S/C11H13NO/c1-8(12-13)10-6-5-9-3-2-4-11(9)7-10/h5-7,13H,2-4H2,1H3/b12-8+. The summed E-state index contributed by atoms with van der Waals surface area (Å²) in [7, 11) is 0. The average Bonchev–Trinajstić information content (AvgIpc) is 2.63. The van der Waals surface area contributed by atoms with Crippen LogP contribution in [0.2, 0.25) is 0 Å². The zero-order valence-electron chi connectivity index (χ0n) is 7.75. The van der Waals surface area contributed by atoms with Gasteiger partial charge in [-0.05, 0) is 48.9 Å². The Kier molecular flexibility index (Phi) is 2.05. The van der Waals surface area contributed by atoms with Gasteiger partial charge in [-0.3, -0.25) is 0 Å². The van der Waals surface area contributed by atoms with Crippen LogP contribution in [0.25, 0.3) is 0 Å². The predicted molar refractivity (Wildman–Crippen MR) is 52.5 cm³/mol. The quantitative estimate of drug-likeness (QED) is 0.396. The van der Waals surface area contributed by atoms with Crippen LogP contribution in [-0.4, -0.2) is 10.9 Å². The van der Waals surface area contributed by atoms with E-state index >= 15 is 0 Å². The minimum absolute atomic E-state index is 0.690. The topological polar surface area (TPSA) is 32.6 Å². The van der Waals surface area contributed by atoms with Crippen LogP contribution >= 0.6 is 0 Å². The molecule has 1 aromatic carbocycles. The van der Waals surface area contributed by atoms with Crippen molar-refractivity contribution in [2.75, 3.05) is 0 Å². The Balaban J connectivity index is 2.41. The molecule has 1 aliphatic rings. The van der Waals surface area contributed by atoms with Crippen LogP contribution in [0.15, 0.2) is 23.4 Å². The molecule has 1 N–H and O–H groups in total. The van der Waals surface area contributed by atoms with Crippen LogP contribution in [-0.2, 0) is 12.8 Å². The Hall–Kier alpha value is -1.31. The normalized spacial score (nSPS) is 15.9. The van der Waals surface area contributed by atoms with E-state index in [-0.39, 0.29) is 0 Å². The van der Waals surface area contributed by atoms with Gasteiger partial charge in [0.2, 0.25) is 0 Å². The molecule has 0 saturated heterocycles. The number of oxime groups is 1. The summed E-state index contributed by atoms with van der Waals surface area (Å²) in [6, 6.07) is 6.31. The van der Waals surface area contributed by atoms with E-state index in [0.29, 0.717) is 5.71 Å². The number of fused-ring (bicyclic) bond motifs is 1. The van der Waals surface area contributed by atoms with Gasteiger partial charge >= 0.3 is 0 Å². The summed E-state index contributed by atoms with van der Waals surface area (Å²) in [6.45, 7) is 1.82. The van der Waals surface area contributed by atoms with Crippen molar-refractivity contribution in [3.63, 3.8) is 0 Å². The zero-order chi connectivity index (χ0) is 9.26. The maximum Gasteiger partial charge on any atom is 0.0837 e. The monoisotopic (exact) mass is 175 g/mol. The van der Waals surface area contributed by atoms with Gasteiger partial charge in [0, 0.05) is 0 Å². The second kappa shape index (κ2) is 3.21. The van der Waals surface area contributed by atoms with Gasteiger partial charge in [0.1, 0.15) is 0 Å². The molecule has 0 spiro atoms. The Morgan fingerprint density at radius 2 is 2.08 bits per heavy atom. The van der Waals surface area contributed by atoms with Crippen molar-refractivity contribution in [3.05, 3.63) is 34.9 Å². The molecule has 0 amide bonds. The highest BCUT2D eigenvalue weighted by atomic mass is 16.4. The van der Waals surface area contributed by atoms with Crippen molar-refractivity contribution in [2.24, 2.45) is 5.16 Å². The van der Waals surface area contributed by atoms with Crippen LogP contribution in [0, 0.1) is 0 Å². The van der Waals surface area contributed by atoms with Crippen LogP contribution in [0.3, 0.4) is 0 Å². The van der Waals surface area contributed by atoms with Gasteiger partial charge in [-0.2, -0.15) is 0 Å². The first-order valence-corrected chi connectivity index (χ1v) is 4.62. The number of hydrogen-bond donors (Lipinski definition) is 1. The van der Waals surface area contributed by atoms with Crippen LogP contribution in [0.4, 0.5) is 0 Å². The molecule has 0 bridgehead atoms. The molecule has 1 aromatic rings. The molecule has 0 fully saturated rings. The van der Waals surface area contributed by atoms with Gasteiger partial charge in [-0.25, -0.2) is 0 Å². The Labute approximate surface area is 77.9 Å². The highest BCUT2D eigenvalue weighted by Gasteiger charge is 2.11. The number of rotatable bonds is 1. The van der Waals surface area contributed by atoms with Crippen molar-refractivity contribution < 1.29 is 5.21 Å². The lowest BCUT2D eigenvalue weighted by Gasteiger charge is -2.02. The second-order valence-corrected chi connectivity index (χ2v) is 3.52. The highest BCUT2D eigenvalue weighted by molar-refractivity contribution is 5.98. The van der Waals surface area contributed by atoms with Crippen LogP contribution in [0.1, 0.15) is 30.0 Å². The smallest absolute Gasteiger partial charge is 0.0837 e. The Morgan fingerprint density at radius 1 is 1.31 bits per heavy atom. The highest BCUT2D eigenvalue weighted by Crippen LogP contribution is 2.22. The van der Waals surface area contributed by atoms with Crippen LogP contribution < -0.4 is 0 Å². The molecule has 0 aromatic heterocycles. The minimum atomic E-state index is 0.690. The summed E-state index contributed by atoms with van der Waals surface area (Å²) in [6.07, 6.45) is 3.63. The van der Waals surface area contributed by atoms with Crippen molar-refractivity contribution >= 4 is 5.71 Å². The predicted octanol–water partition coefficient (Wildman–Crippen LogP) is 2.37. The molecule has 2 heteroatoms. The summed E-state index contributed by atoms with van der Waals surface area (Å²) >= 11 is 0. The first-order valence-electron chi connectivity index (χ1n) is 4.62. The molecule has 68 valence electrons. The Morgan fingerprint density at radius 3 is 2.85 bits per heavy atom. The zero-order valence-corrected chi connectivity index (χ0v) is 7.75. The minimum Gasteiger partial charge on any atom is -0.411 e. The van der Waals surface area contributed by atoms with Gasteiger partial charge < -0.3 is 5.21 Å². The first-order chi connectivity index (χ1) is 6.31. The third-order valence-corrected chi connectivity index (χ3v) is 2.67. The van der Waals surface area contributed by atoms with Crippen LogP contribution in [0.5, 0.6) is 0 Å². The third kappa shape index (κ3) is 1.44. The fraction of sp³-hybridized carbons (Fsp3) is 0.364. The SMILES string of the molecule is C/C(=N\O)c1ccc2c(c1)CCC2. The molecule has 2 rings (SSSR count). The molecule has 0 atom stereocenters. The fourth-order valence-electron chi connectivity index (χ4n) is 1.85. The van der Waals surface area contributed by atoms with Crippen molar-refractivity contribution in [2.45, 2.75) is 26.2 Å². The van der Waals surface area contributed by atoms with E-state index in [1.54, 1.807) is 0 Å². The van der Waals surface area contributed by atoms with E-state index in [1.165, 1.54) is 30.4 Å². The summed E-state index contributed by atoms with van der Waals surface area (Å²) in [5, 5.41) is 11.8. The molecular weight excluding hydrogens is 162 g/mol. The molecule has 13 heavy (non-hydrogen) atoms. The van der Waals surface area contributed by atoms with Crippen molar-refractivity contribution in [1.82, 2.24) is 0 Å². The third-order valence-electron chi connectivity index (χ3n) is 2.67. The number of benzene rings is 1. The number of nitrogens with zero attached hydrogens (tertiary/aromatic N) is 1. The largest absolute Gasteiger partial charge is 0.411 e. The maximum absolute atomic E-state index is 8.62. The van der Waals surface area contributed by atoms with Crippen molar-refractivity contribution in [1.29, 1.82) is 0 Å². The van der Waals surface area contributed by atoms with Gasteiger partial charge in [-0.1, -0.05) is 17.3 Å². The van der Waals surface area contributed by atoms with Gasteiger partial charge in [0.25, 0.3) is 0 Å². The lowest BCUT2D eigenvalue weighted by molar-refractivity contribution is 0.319. The lowest BCUT2D eigenvalue weighted by Crippen LogP contribution is -1.95. The number of hydrogen-bond acceptors (Lipinski definition) is 2. The summed E-state index contributed by atoms with van der Waals surface area (Å²) in [5.41, 5.74) is 4.59. The first kappa shape index (κ1) is 8.30. The molecule has 1 aliphatic carbocycles. The molecule has 2 nitrogen and oxygen atoms in total. The van der Waals surface area contributed by atoms with Gasteiger partial charge in [-0.15, -0.1) is 0 Å². The lowest BCUT2D eigenvalue weighted by atomic mass is 10.0. The average molecular weight is 175 g/mol. The molecule has 0 aliphatic heterocycles. The number of aryl methyl sites for hydroxylation is 2. The molecule has 0 heterocycles. The maximum atomic E-state index is 8.62. The summed E-state index contributed by atoms with van der Waals surface area (Å²) < 4.78 is 0. The van der Waals surface area contributed by atoms with E-state index < -0.39 is 0 Å². The molecule has 0 radical (unpaired) electrons. The van der Waals surface area contributed by atoms with E-state index in [0.717, 1.165) is 5.56 Å². The van der Waals surface area contributed by atoms with E-state index in [4.69, 9.17) is 5.21 Å². The molecule has 0 saturated carbocycles. The van der Waals surface area contributed by atoms with Gasteiger partial charge in [0.05, 0.1) is 5.71 Å². The molecular formula is C11H13NO. The fourth-order valence-corrected chi connectivity index (χ4v) is 1.85. The summed E-state index contributed by atoms with van der Waals surface area (Å²) in [5.74, 6) is 0. The van der Waals surface area contributed by atoms with E-state index in [2.05, 4.69) is 17.3 Å². The van der Waals surface area contributed by atoms with E-state index in [9.17, 15) is 0 Å². The van der Waals surface area contributed by atoms with E-state index in [1.807, 2.05) is 13.0 Å². The Bertz CT molecular complexity index is 355. The second-order valence-electron chi connectivity index (χ2n) is 3.52. The van der Waals surface area contributed by atoms with Crippen molar-refractivity contribution in [3.8, 4) is 0 Å². The summed E-state index contributed by atoms with van der Waals surface area (Å²) in [4.78, 5) is 0. The molecule has 0 unspecified atom stereocenters.